The molecule has 0 aliphatic heterocycles. The van der Waals surface area contributed by atoms with Gasteiger partial charge in [0.15, 0.2) is 0 Å². The Morgan fingerprint density at radius 1 is 0.377 bits per heavy atom. The second-order valence-electron chi connectivity index (χ2n) is 15.2. The summed E-state index contributed by atoms with van der Waals surface area (Å²) >= 11 is 0. The third-order valence-corrected chi connectivity index (χ3v) is 11.6. The van der Waals surface area contributed by atoms with Gasteiger partial charge in [-0.15, -0.1) is 0 Å². The fourth-order valence-electron chi connectivity index (χ4n) is 8.85. The minimum Gasteiger partial charge on any atom is -0.455 e. The Morgan fingerprint density at radius 2 is 0.967 bits per heavy atom. The average Bonchev–Trinajstić information content (AvgIpc) is 3.79. The van der Waals surface area contributed by atoms with E-state index in [1.165, 1.54) is 0 Å². The van der Waals surface area contributed by atoms with Gasteiger partial charge >= 0.3 is 0 Å². The lowest BCUT2D eigenvalue weighted by atomic mass is 9.88. The highest BCUT2D eigenvalue weighted by atomic mass is 16.3. The molecule has 0 saturated carbocycles. The molecule has 0 radical (unpaired) electrons. The van der Waals surface area contributed by atoms with E-state index in [9.17, 15) is 5.48 Å². The van der Waals surface area contributed by atoms with Gasteiger partial charge in [-0.05, 0) is 78.8 Å². The molecule has 0 fully saturated rings. The first-order chi connectivity index (χ1) is 32.8. The van der Waals surface area contributed by atoms with Crippen molar-refractivity contribution in [2.45, 2.75) is 0 Å². The molecule has 61 heavy (non-hydrogen) atoms. The lowest BCUT2D eigenvalue weighted by Crippen LogP contribution is -1.91. The van der Waals surface area contributed by atoms with Gasteiger partial charge in [0, 0.05) is 44.8 Å². The smallest absolute Gasteiger partial charge is 0.143 e. The maximum absolute atomic E-state index is 9.74. The first-order valence-corrected chi connectivity index (χ1v) is 20.2. The largest absolute Gasteiger partial charge is 0.455 e. The predicted octanol–water partition coefficient (Wildman–Crippen LogP) is 15.8. The molecule has 3 nitrogen and oxygen atoms in total. The minimum atomic E-state index is -0.436. The molecule has 0 atom stereocenters. The van der Waals surface area contributed by atoms with Crippen LogP contribution in [-0.4, -0.2) is 9.97 Å². The van der Waals surface area contributed by atoms with E-state index in [1.54, 1.807) is 12.3 Å². The van der Waals surface area contributed by atoms with E-state index in [0.717, 1.165) is 60.1 Å². The lowest BCUT2D eigenvalue weighted by Gasteiger charge is -2.13. The van der Waals surface area contributed by atoms with Crippen molar-refractivity contribution in [3.63, 3.8) is 0 Å². The third-order valence-electron chi connectivity index (χ3n) is 11.6. The van der Waals surface area contributed by atoms with Gasteiger partial charge in [0.2, 0.25) is 0 Å². The van der Waals surface area contributed by atoms with E-state index < -0.39 is 12.1 Å². The van der Waals surface area contributed by atoms with E-state index in [2.05, 4.69) is 71.7 Å². The van der Waals surface area contributed by atoms with Crippen molar-refractivity contribution in [3.8, 4) is 67.3 Å². The summed E-state index contributed by atoms with van der Waals surface area (Å²) in [5.41, 5.74) is 7.73. The van der Waals surface area contributed by atoms with Crippen molar-refractivity contribution in [1.82, 2.24) is 9.97 Å². The van der Waals surface area contributed by atoms with Crippen LogP contribution >= 0.6 is 0 Å². The molecule has 0 saturated heterocycles. The molecule has 12 rings (SSSR count). The maximum Gasteiger partial charge on any atom is 0.143 e. The summed E-state index contributed by atoms with van der Waals surface area (Å²) in [6, 6.07) is 56.3. The minimum absolute atomic E-state index is 0.118. The molecule has 9 aromatic carbocycles. The van der Waals surface area contributed by atoms with E-state index in [4.69, 9.17) is 12.1 Å². The van der Waals surface area contributed by atoms with Crippen LogP contribution in [0.5, 0.6) is 0 Å². The molecule has 12 aromatic rings. The van der Waals surface area contributed by atoms with Crippen molar-refractivity contribution in [1.29, 1.82) is 0 Å². The second kappa shape index (κ2) is 14.3. The van der Waals surface area contributed by atoms with Gasteiger partial charge in [-0.2, -0.15) is 0 Å². The molecule has 0 aliphatic rings. The first-order valence-electron chi connectivity index (χ1n) is 23.2. The second-order valence-corrected chi connectivity index (χ2v) is 15.2. The Hall–Kier alpha value is -8.14. The fourth-order valence-corrected chi connectivity index (χ4v) is 8.85. The molecule has 0 bridgehead atoms. The summed E-state index contributed by atoms with van der Waals surface area (Å²) in [5, 5.41) is 6.33. The van der Waals surface area contributed by atoms with Gasteiger partial charge in [-0.25, -0.2) is 4.98 Å². The van der Waals surface area contributed by atoms with Crippen LogP contribution in [0.1, 0.15) is 8.22 Å². The van der Waals surface area contributed by atoms with Crippen molar-refractivity contribution in [2.24, 2.45) is 0 Å². The molecule has 0 aliphatic carbocycles. The number of furan rings is 1. The molecular formula is C58H36N2O. The van der Waals surface area contributed by atoms with Gasteiger partial charge < -0.3 is 4.42 Å². The number of hydrogen-bond acceptors (Lipinski definition) is 3. The molecule has 0 N–H and O–H groups in total. The highest BCUT2D eigenvalue weighted by Crippen LogP contribution is 2.51. The highest BCUT2D eigenvalue weighted by molar-refractivity contribution is 6.16. The Balaban J connectivity index is 1.14. The first kappa shape index (κ1) is 29.1. The molecule has 3 aromatic heterocycles. The maximum atomic E-state index is 9.74. The van der Waals surface area contributed by atoms with Crippen molar-refractivity contribution in [2.75, 3.05) is 0 Å². The van der Waals surface area contributed by atoms with Crippen LogP contribution in [0.15, 0.2) is 223 Å². The zero-order valence-electron chi connectivity index (χ0n) is 38.6. The Labute approximate surface area is 361 Å². The predicted molar refractivity (Wildman–Crippen MR) is 254 cm³/mol. The molecular weight excluding hydrogens is 741 g/mol. The Bertz CT molecular complexity index is 4000. The van der Waals surface area contributed by atoms with Crippen LogP contribution in [-0.2, 0) is 0 Å². The summed E-state index contributed by atoms with van der Waals surface area (Å²) in [6.07, 6.45) is 1.70. The standard InChI is InChI=1S/C58H36N2O/c1-3-15-37(16-4-1)53-54(38-17-5-2-6-18-38)58(51-36-42-19-7-8-23-44(42)46-24-10-12-27-49(46)51)61-57(53)43-21-13-20-41(35-43)45-31-32-50(48-26-11-9-25-47(45)48)52-33-30-40-29-28-39-22-14-34-59-55(39)56(40)60-52/h1-36H/i9D,11D,25D,26D,31D,32D. The molecule has 284 valence electrons. The van der Waals surface area contributed by atoms with E-state index in [-0.39, 0.29) is 46.1 Å². The van der Waals surface area contributed by atoms with E-state index >= 15 is 0 Å². The zero-order valence-corrected chi connectivity index (χ0v) is 32.6. The normalized spacial score (nSPS) is 13.0. The van der Waals surface area contributed by atoms with Crippen LogP contribution in [0.25, 0.3) is 121 Å². The number of aromatic nitrogens is 2. The molecule has 3 heterocycles. The Morgan fingerprint density at radius 3 is 1.75 bits per heavy atom. The highest BCUT2D eigenvalue weighted by Gasteiger charge is 2.27. The zero-order chi connectivity index (χ0) is 45.5. The number of benzene rings is 9. The van der Waals surface area contributed by atoms with Crippen LogP contribution in [0.2, 0.25) is 0 Å². The van der Waals surface area contributed by atoms with Crippen molar-refractivity contribution < 1.29 is 12.6 Å². The molecule has 0 amide bonds. The average molecular weight is 783 g/mol. The van der Waals surface area contributed by atoms with Gasteiger partial charge in [0.05, 0.1) is 25.0 Å². The lowest BCUT2D eigenvalue weighted by molar-refractivity contribution is 0.599. The Kier molecular flexibility index (Phi) is 6.83. The van der Waals surface area contributed by atoms with E-state index in [1.807, 2.05) is 103 Å². The van der Waals surface area contributed by atoms with Gasteiger partial charge in [-0.1, -0.05) is 188 Å². The summed E-state index contributed by atoms with van der Waals surface area (Å²) in [7, 11) is 0. The summed E-state index contributed by atoms with van der Waals surface area (Å²) in [5.74, 6) is 1.28. The molecule has 3 heteroatoms. The summed E-state index contributed by atoms with van der Waals surface area (Å²) < 4.78 is 63.2. The van der Waals surface area contributed by atoms with Crippen LogP contribution in [0.4, 0.5) is 0 Å². The summed E-state index contributed by atoms with van der Waals surface area (Å²) in [6.45, 7) is 0. The fraction of sp³-hybridized carbons (Fsp3) is 0. The van der Waals surface area contributed by atoms with Crippen molar-refractivity contribution in [3.05, 3.63) is 218 Å². The van der Waals surface area contributed by atoms with Crippen molar-refractivity contribution >= 4 is 54.1 Å². The van der Waals surface area contributed by atoms with Gasteiger partial charge in [-0.3, -0.25) is 4.98 Å². The van der Waals surface area contributed by atoms with Crippen LogP contribution in [0.3, 0.4) is 0 Å². The van der Waals surface area contributed by atoms with Crippen LogP contribution < -0.4 is 0 Å². The van der Waals surface area contributed by atoms with Crippen LogP contribution in [0, 0.1) is 0 Å². The van der Waals surface area contributed by atoms with Gasteiger partial charge in [0.25, 0.3) is 0 Å². The molecule has 0 spiro atoms. The number of fused-ring (bicyclic) bond motifs is 7. The number of pyridine rings is 2. The monoisotopic (exact) mass is 782 g/mol. The topological polar surface area (TPSA) is 38.9 Å². The number of nitrogens with zero attached hydrogens (tertiary/aromatic N) is 2. The van der Waals surface area contributed by atoms with Gasteiger partial charge in [0.1, 0.15) is 11.5 Å². The number of hydrogen-bond donors (Lipinski definition) is 0. The number of rotatable bonds is 6. The molecule has 0 unspecified atom stereocenters. The SMILES string of the molecule is [2H]c1c([2H])c([2H])c2c(-c3ccc4ccc5cccnc5c4n3)c([2H])c([2H])c(-c3cccc(-c4oc(-c5cc6ccccc6c6ccccc56)c(-c5ccccc5)c4-c4ccccc4)c3)c2c1[2H]. The van der Waals surface area contributed by atoms with E-state index in [0.29, 0.717) is 39.4 Å². The third kappa shape index (κ3) is 5.82. The summed E-state index contributed by atoms with van der Waals surface area (Å²) in [4.78, 5) is 9.62. The quantitative estimate of drug-likeness (QED) is 0.158.